The summed E-state index contributed by atoms with van der Waals surface area (Å²) >= 11 is 3.35. The molecule has 0 aliphatic carbocycles. The number of carbonyl (C=O) groups is 2. The van der Waals surface area contributed by atoms with E-state index >= 15 is 0 Å². The Bertz CT molecular complexity index is 741. The number of anilines is 1. The molecule has 5 nitrogen and oxygen atoms in total. The molecule has 2 aromatic rings. The van der Waals surface area contributed by atoms with Gasteiger partial charge in [0.1, 0.15) is 5.75 Å². The van der Waals surface area contributed by atoms with Crippen molar-refractivity contribution in [3.8, 4) is 5.75 Å². The summed E-state index contributed by atoms with van der Waals surface area (Å²) < 4.78 is 11.4. The van der Waals surface area contributed by atoms with Crippen LogP contribution in [0.5, 0.6) is 5.75 Å². The Morgan fingerprint density at radius 1 is 1.04 bits per heavy atom. The number of amides is 1. The van der Waals surface area contributed by atoms with Gasteiger partial charge in [0.15, 0.2) is 5.60 Å². The summed E-state index contributed by atoms with van der Waals surface area (Å²) in [5.41, 5.74) is -0.466. The van der Waals surface area contributed by atoms with Gasteiger partial charge in [-0.25, -0.2) is 4.79 Å². The molecule has 0 bridgehead atoms. The Morgan fingerprint density at radius 2 is 1.67 bits per heavy atom. The summed E-state index contributed by atoms with van der Waals surface area (Å²) in [7, 11) is 1.29. The monoisotopic (exact) mass is 391 g/mol. The molecule has 6 heteroatoms. The average molecular weight is 392 g/mol. The molecular formula is C18H18BrNO4. The first-order valence-electron chi connectivity index (χ1n) is 7.27. The first kappa shape index (κ1) is 18.0. The van der Waals surface area contributed by atoms with E-state index in [0.29, 0.717) is 11.4 Å². The molecule has 0 fully saturated rings. The van der Waals surface area contributed by atoms with Crippen LogP contribution in [0.2, 0.25) is 0 Å². The minimum Gasteiger partial charge on any atom is -0.478 e. The van der Waals surface area contributed by atoms with Gasteiger partial charge in [0.25, 0.3) is 5.91 Å². The van der Waals surface area contributed by atoms with Crippen LogP contribution in [0, 0.1) is 0 Å². The molecule has 24 heavy (non-hydrogen) atoms. The normalized spacial score (nSPS) is 10.8. The van der Waals surface area contributed by atoms with Crippen LogP contribution in [0.3, 0.4) is 0 Å². The molecule has 1 N–H and O–H groups in total. The first-order chi connectivity index (χ1) is 11.3. The summed E-state index contributed by atoms with van der Waals surface area (Å²) in [6, 6.07) is 13.8. The quantitative estimate of drug-likeness (QED) is 0.781. The fourth-order valence-corrected chi connectivity index (χ4v) is 2.26. The Balaban J connectivity index is 2.16. The van der Waals surface area contributed by atoms with Gasteiger partial charge in [-0.3, -0.25) is 4.79 Å². The van der Waals surface area contributed by atoms with Gasteiger partial charge in [-0.15, -0.1) is 0 Å². The second-order valence-corrected chi connectivity index (χ2v) is 6.47. The Hall–Kier alpha value is -2.34. The van der Waals surface area contributed by atoms with Crippen molar-refractivity contribution in [2.24, 2.45) is 0 Å². The fourth-order valence-electron chi connectivity index (χ4n) is 2.00. The van der Waals surface area contributed by atoms with E-state index in [9.17, 15) is 9.59 Å². The number of methoxy groups -OCH3 is 1. The predicted octanol–water partition coefficient (Wildman–Crippen LogP) is 4.03. The predicted molar refractivity (Wildman–Crippen MR) is 95.3 cm³/mol. The lowest BCUT2D eigenvalue weighted by Crippen LogP contribution is -2.42. The Labute approximate surface area is 149 Å². The molecule has 0 atom stereocenters. The highest BCUT2D eigenvalue weighted by Gasteiger charge is 2.31. The van der Waals surface area contributed by atoms with Crippen LogP contribution in [-0.2, 0) is 9.53 Å². The number of rotatable bonds is 5. The molecule has 0 spiro atoms. The lowest BCUT2D eigenvalue weighted by molar-refractivity contribution is -0.128. The van der Waals surface area contributed by atoms with Crippen LogP contribution in [0.25, 0.3) is 0 Å². The van der Waals surface area contributed by atoms with Crippen molar-refractivity contribution in [1.29, 1.82) is 0 Å². The number of hydrogen-bond acceptors (Lipinski definition) is 4. The number of ether oxygens (including phenoxy) is 2. The summed E-state index contributed by atoms with van der Waals surface area (Å²) in [4.78, 5) is 24.4. The third kappa shape index (κ3) is 4.35. The van der Waals surface area contributed by atoms with E-state index in [1.165, 1.54) is 7.11 Å². The van der Waals surface area contributed by atoms with Crippen LogP contribution in [0.1, 0.15) is 24.2 Å². The third-order valence-corrected chi connectivity index (χ3v) is 3.84. The third-order valence-electron chi connectivity index (χ3n) is 3.31. The topological polar surface area (TPSA) is 64.6 Å². The SMILES string of the molecule is COC(=O)c1ccccc1NC(=O)C(C)(C)Oc1ccc(Br)cc1. The zero-order valence-electron chi connectivity index (χ0n) is 13.6. The molecule has 2 rings (SSSR count). The van der Waals surface area contributed by atoms with Crippen LogP contribution < -0.4 is 10.1 Å². The van der Waals surface area contributed by atoms with Crippen molar-refractivity contribution in [2.75, 3.05) is 12.4 Å². The Morgan fingerprint density at radius 3 is 2.29 bits per heavy atom. The van der Waals surface area contributed by atoms with Gasteiger partial charge < -0.3 is 14.8 Å². The van der Waals surface area contributed by atoms with Crippen LogP contribution in [0.15, 0.2) is 53.0 Å². The van der Waals surface area contributed by atoms with Crippen molar-refractivity contribution in [3.05, 3.63) is 58.6 Å². The maximum atomic E-state index is 12.6. The minimum atomic E-state index is -1.13. The molecule has 126 valence electrons. The highest BCUT2D eigenvalue weighted by atomic mass is 79.9. The second kappa shape index (κ2) is 7.49. The van der Waals surface area contributed by atoms with Gasteiger partial charge in [0.2, 0.25) is 0 Å². The molecular weight excluding hydrogens is 374 g/mol. The number of benzene rings is 2. The zero-order valence-corrected chi connectivity index (χ0v) is 15.2. The lowest BCUT2D eigenvalue weighted by Gasteiger charge is -2.25. The van der Waals surface area contributed by atoms with Crippen molar-refractivity contribution >= 4 is 33.5 Å². The molecule has 0 saturated heterocycles. The molecule has 0 unspecified atom stereocenters. The van der Waals surface area contributed by atoms with Crippen LogP contribution in [0.4, 0.5) is 5.69 Å². The van der Waals surface area contributed by atoms with Gasteiger partial charge in [0.05, 0.1) is 18.4 Å². The number of carbonyl (C=O) groups excluding carboxylic acids is 2. The average Bonchev–Trinajstić information content (AvgIpc) is 2.56. The maximum Gasteiger partial charge on any atom is 0.339 e. The molecule has 0 aliphatic rings. The van der Waals surface area contributed by atoms with Gasteiger partial charge in [-0.2, -0.15) is 0 Å². The number of halogens is 1. The molecule has 0 aliphatic heterocycles. The summed E-state index contributed by atoms with van der Waals surface area (Å²) in [5, 5.41) is 2.72. The number of para-hydroxylation sites is 1. The van der Waals surface area contributed by atoms with E-state index in [0.717, 1.165) is 4.47 Å². The van der Waals surface area contributed by atoms with Gasteiger partial charge in [0, 0.05) is 4.47 Å². The zero-order chi connectivity index (χ0) is 17.7. The second-order valence-electron chi connectivity index (χ2n) is 5.56. The molecule has 0 aromatic heterocycles. The fraction of sp³-hybridized carbons (Fsp3) is 0.222. The van der Waals surface area contributed by atoms with Gasteiger partial charge in [-0.05, 0) is 50.2 Å². The Kier molecular flexibility index (Phi) is 5.62. The van der Waals surface area contributed by atoms with Crippen LogP contribution in [-0.4, -0.2) is 24.6 Å². The molecule has 1 amide bonds. The van der Waals surface area contributed by atoms with Gasteiger partial charge in [-0.1, -0.05) is 28.1 Å². The number of esters is 1. The van der Waals surface area contributed by atoms with E-state index in [2.05, 4.69) is 21.2 Å². The lowest BCUT2D eigenvalue weighted by atomic mass is 10.1. The maximum absolute atomic E-state index is 12.6. The van der Waals surface area contributed by atoms with Crippen molar-refractivity contribution in [2.45, 2.75) is 19.4 Å². The summed E-state index contributed by atoms with van der Waals surface area (Å²) in [6.45, 7) is 3.32. The standard InChI is InChI=1S/C18H18BrNO4/c1-18(2,24-13-10-8-12(19)9-11-13)17(22)20-15-7-5-4-6-14(15)16(21)23-3/h4-11H,1-3H3,(H,20,22). The smallest absolute Gasteiger partial charge is 0.339 e. The van der Waals surface area contributed by atoms with Crippen molar-refractivity contribution in [3.63, 3.8) is 0 Å². The van der Waals surface area contributed by atoms with E-state index < -0.39 is 11.6 Å². The summed E-state index contributed by atoms with van der Waals surface area (Å²) in [6.07, 6.45) is 0. The highest BCUT2D eigenvalue weighted by Crippen LogP contribution is 2.23. The van der Waals surface area contributed by atoms with Crippen LogP contribution >= 0.6 is 15.9 Å². The number of hydrogen-bond donors (Lipinski definition) is 1. The molecule has 0 radical (unpaired) electrons. The first-order valence-corrected chi connectivity index (χ1v) is 8.06. The van der Waals surface area contributed by atoms with Crippen molar-refractivity contribution in [1.82, 2.24) is 0 Å². The molecule has 0 saturated carbocycles. The number of nitrogens with one attached hydrogen (secondary N) is 1. The molecule has 2 aromatic carbocycles. The van der Waals surface area contributed by atoms with Gasteiger partial charge >= 0.3 is 5.97 Å². The van der Waals surface area contributed by atoms with E-state index in [1.807, 2.05) is 12.1 Å². The molecule has 0 heterocycles. The van der Waals surface area contributed by atoms with E-state index in [4.69, 9.17) is 9.47 Å². The summed E-state index contributed by atoms with van der Waals surface area (Å²) in [5.74, 6) is -0.320. The van der Waals surface area contributed by atoms with E-state index in [1.54, 1.807) is 50.2 Å². The highest BCUT2D eigenvalue weighted by molar-refractivity contribution is 9.10. The van der Waals surface area contributed by atoms with E-state index in [-0.39, 0.29) is 11.5 Å². The minimum absolute atomic E-state index is 0.285. The van der Waals surface area contributed by atoms with Crippen molar-refractivity contribution < 1.29 is 19.1 Å². The largest absolute Gasteiger partial charge is 0.478 e.